The average Bonchev–Trinajstić information content (AvgIpc) is 2.84. The van der Waals surface area contributed by atoms with Crippen molar-refractivity contribution < 1.29 is 14.6 Å². The lowest BCUT2D eigenvalue weighted by Crippen LogP contribution is -2.01. The van der Waals surface area contributed by atoms with E-state index in [9.17, 15) is 9.90 Å². The Morgan fingerprint density at radius 3 is 2.45 bits per heavy atom. The van der Waals surface area contributed by atoms with Gasteiger partial charge in [0, 0.05) is 16.5 Å². The molecule has 0 fully saturated rings. The smallest absolute Gasteiger partial charge is 0.213 e. The monoisotopic (exact) mass is 267 g/mol. The Hall–Kier alpha value is -2.75. The number of ketones is 1. The summed E-state index contributed by atoms with van der Waals surface area (Å²) in [4.78, 5) is 15.4. The van der Waals surface area contributed by atoms with E-state index in [-0.39, 0.29) is 17.2 Å². The van der Waals surface area contributed by atoms with E-state index in [0.29, 0.717) is 16.7 Å². The molecule has 0 amide bonds. The maximum Gasteiger partial charge on any atom is 0.213 e. The Morgan fingerprint density at radius 2 is 1.80 bits per heavy atom. The zero-order valence-electron chi connectivity index (χ0n) is 10.9. The molecule has 4 heteroatoms. The molecule has 2 N–H and O–H groups in total. The number of para-hydroxylation sites is 1. The Balaban J connectivity index is 2.05. The minimum absolute atomic E-state index is 0.0126. The number of nitrogens with one attached hydrogen (secondary N) is 1. The Kier molecular flexibility index (Phi) is 2.91. The van der Waals surface area contributed by atoms with E-state index in [2.05, 4.69) is 4.98 Å². The number of benzene rings is 2. The van der Waals surface area contributed by atoms with E-state index in [0.717, 1.165) is 5.52 Å². The molecule has 0 atom stereocenters. The molecule has 0 bridgehead atoms. The van der Waals surface area contributed by atoms with Crippen molar-refractivity contribution in [1.82, 2.24) is 4.98 Å². The van der Waals surface area contributed by atoms with Crippen molar-refractivity contribution >= 4 is 16.7 Å². The fourth-order valence-corrected chi connectivity index (χ4v) is 2.18. The molecule has 0 spiro atoms. The number of hydrogen-bond acceptors (Lipinski definition) is 3. The lowest BCUT2D eigenvalue weighted by atomic mass is 10.1. The minimum Gasteiger partial charge on any atom is -0.505 e. The number of ether oxygens (including phenoxy) is 1. The molecule has 20 heavy (non-hydrogen) atoms. The quantitative estimate of drug-likeness (QED) is 0.717. The standard InChI is InChI=1S/C16H13NO3/c1-20-11-8-6-10(7-9-11)15(18)14-16(19)12-4-2-3-5-13(12)17-14/h2-9,17,19H,1H3. The van der Waals surface area contributed by atoms with Crippen molar-refractivity contribution in [2.24, 2.45) is 0 Å². The second kappa shape index (κ2) is 4.74. The molecule has 0 aliphatic heterocycles. The molecule has 0 aliphatic rings. The van der Waals surface area contributed by atoms with Crippen LogP contribution >= 0.6 is 0 Å². The number of aromatic amines is 1. The van der Waals surface area contributed by atoms with Crippen LogP contribution in [-0.2, 0) is 0 Å². The summed E-state index contributed by atoms with van der Waals surface area (Å²) in [6, 6.07) is 14.0. The molecular weight excluding hydrogens is 254 g/mol. The van der Waals surface area contributed by atoms with Gasteiger partial charge in [-0.1, -0.05) is 12.1 Å². The number of fused-ring (bicyclic) bond motifs is 1. The minimum atomic E-state index is -0.249. The molecule has 0 radical (unpaired) electrons. The van der Waals surface area contributed by atoms with Crippen molar-refractivity contribution in [2.75, 3.05) is 7.11 Å². The molecule has 1 heterocycles. The third-order valence-corrected chi connectivity index (χ3v) is 3.26. The van der Waals surface area contributed by atoms with Gasteiger partial charge in [0.2, 0.25) is 5.78 Å². The number of methoxy groups -OCH3 is 1. The normalized spacial score (nSPS) is 10.7. The second-order valence-corrected chi connectivity index (χ2v) is 4.45. The average molecular weight is 267 g/mol. The largest absolute Gasteiger partial charge is 0.505 e. The number of rotatable bonds is 3. The number of H-pyrrole nitrogens is 1. The van der Waals surface area contributed by atoms with Crippen LogP contribution in [0.15, 0.2) is 48.5 Å². The first-order chi connectivity index (χ1) is 9.70. The van der Waals surface area contributed by atoms with E-state index in [1.54, 1.807) is 37.4 Å². The molecule has 3 rings (SSSR count). The molecule has 1 aromatic heterocycles. The highest BCUT2D eigenvalue weighted by Gasteiger charge is 2.18. The fraction of sp³-hybridized carbons (Fsp3) is 0.0625. The van der Waals surface area contributed by atoms with Crippen LogP contribution in [0.3, 0.4) is 0 Å². The second-order valence-electron chi connectivity index (χ2n) is 4.45. The molecule has 3 aromatic rings. The summed E-state index contributed by atoms with van der Waals surface area (Å²) in [7, 11) is 1.57. The van der Waals surface area contributed by atoms with Gasteiger partial charge in [-0.05, 0) is 36.4 Å². The van der Waals surface area contributed by atoms with E-state index in [1.807, 2.05) is 18.2 Å². The predicted molar refractivity (Wildman–Crippen MR) is 76.4 cm³/mol. The summed E-state index contributed by atoms with van der Waals surface area (Å²) in [5.74, 6) is 0.421. The van der Waals surface area contributed by atoms with Crippen LogP contribution in [0, 0.1) is 0 Å². The van der Waals surface area contributed by atoms with Crippen molar-refractivity contribution in [3.8, 4) is 11.5 Å². The summed E-state index contributed by atoms with van der Waals surface area (Å²) in [5, 5.41) is 10.8. The third-order valence-electron chi connectivity index (χ3n) is 3.26. The van der Waals surface area contributed by atoms with Crippen molar-refractivity contribution in [1.29, 1.82) is 0 Å². The summed E-state index contributed by atoms with van der Waals surface area (Å²) in [6.07, 6.45) is 0. The fourth-order valence-electron chi connectivity index (χ4n) is 2.18. The number of hydrogen-bond donors (Lipinski definition) is 2. The number of aromatic hydroxyl groups is 1. The zero-order valence-corrected chi connectivity index (χ0v) is 10.9. The molecule has 2 aromatic carbocycles. The molecule has 0 aliphatic carbocycles. The SMILES string of the molecule is COc1ccc(C(=O)c2[nH]c3ccccc3c2O)cc1. The maximum atomic E-state index is 12.4. The zero-order chi connectivity index (χ0) is 14.1. The summed E-state index contributed by atoms with van der Waals surface area (Å²) >= 11 is 0. The van der Waals surface area contributed by atoms with Gasteiger partial charge in [0.15, 0.2) is 5.75 Å². The number of carbonyl (C=O) groups is 1. The Bertz CT molecular complexity index is 772. The van der Waals surface area contributed by atoms with Gasteiger partial charge in [-0.2, -0.15) is 0 Å². The topological polar surface area (TPSA) is 62.3 Å². The predicted octanol–water partition coefficient (Wildman–Crippen LogP) is 3.11. The van der Waals surface area contributed by atoms with Crippen molar-refractivity contribution in [3.63, 3.8) is 0 Å². The molecule has 0 unspecified atom stereocenters. The van der Waals surface area contributed by atoms with E-state index < -0.39 is 0 Å². The third kappa shape index (κ3) is 1.91. The Labute approximate surface area is 115 Å². The van der Waals surface area contributed by atoms with E-state index in [1.165, 1.54) is 0 Å². The van der Waals surface area contributed by atoms with Gasteiger partial charge in [-0.25, -0.2) is 0 Å². The first-order valence-corrected chi connectivity index (χ1v) is 6.19. The van der Waals surface area contributed by atoms with Crippen molar-refractivity contribution in [2.45, 2.75) is 0 Å². The van der Waals surface area contributed by atoms with Gasteiger partial charge in [0.25, 0.3) is 0 Å². The lowest BCUT2D eigenvalue weighted by molar-refractivity contribution is 0.103. The van der Waals surface area contributed by atoms with Gasteiger partial charge >= 0.3 is 0 Å². The molecule has 4 nitrogen and oxygen atoms in total. The number of aromatic nitrogens is 1. The van der Waals surface area contributed by atoms with Crippen LogP contribution in [0.5, 0.6) is 11.5 Å². The van der Waals surface area contributed by atoms with Crippen LogP contribution in [-0.4, -0.2) is 23.0 Å². The molecular formula is C16H13NO3. The van der Waals surface area contributed by atoms with Crippen LogP contribution in [0.2, 0.25) is 0 Å². The number of carbonyl (C=O) groups excluding carboxylic acids is 1. The van der Waals surface area contributed by atoms with E-state index in [4.69, 9.17) is 4.74 Å². The van der Waals surface area contributed by atoms with Crippen molar-refractivity contribution in [3.05, 3.63) is 59.8 Å². The first-order valence-electron chi connectivity index (χ1n) is 6.19. The molecule has 0 saturated carbocycles. The first kappa shape index (κ1) is 12.3. The van der Waals surface area contributed by atoms with Crippen LogP contribution in [0.4, 0.5) is 0 Å². The summed E-state index contributed by atoms with van der Waals surface area (Å²) in [5.41, 5.74) is 1.44. The van der Waals surface area contributed by atoms with Crippen LogP contribution in [0.25, 0.3) is 10.9 Å². The highest BCUT2D eigenvalue weighted by molar-refractivity contribution is 6.13. The maximum absolute atomic E-state index is 12.4. The summed E-state index contributed by atoms with van der Waals surface area (Å²) in [6.45, 7) is 0. The van der Waals surface area contributed by atoms with Gasteiger partial charge in [0.1, 0.15) is 11.4 Å². The lowest BCUT2D eigenvalue weighted by Gasteiger charge is -2.02. The van der Waals surface area contributed by atoms with Gasteiger partial charge in [-0.3, -0.25) is 4.79 Å². The summed E-state index contributed by atoms with van der Waals surface area (Å²) < 4.78 is 5.06. The van der Waals surface area contributed by atoms with E-state index >= 15 is 0 Å². The molecule has 0 saturated heterocycles. The highest BCUT2D eigenvalue weighted by atomic mass is 16.5. The van der Waals surface area contributed by atoms with Gasteiger partial charge < -0.3 is 14.8 Å². The van der Waals surface area contributed by atoms with Crippen LogP contribution < -0.4 is 4.74 Å². The van der Waals surface area contributed by atoms with Gasteiger partial charge in [0.05, 0.1) is 7.11 Å². The Morgan fingerprint density at radius 1 is 1.10 bits per heavy atom. The molecule has 100 valence electrons. The van der Waals surface area contributed by atoms with Gasteiger partial charge in [-0.15, -0.1) is 0 Å². The highest BCUT2D eigenvalue weighted by Crippen LogP contribution is 2.30. The van der Waals surface area contributed by atoms with Crippen LogP contribution in [0.1, 0.15) is 16.1 Å².